The Labute approximate surface area is 112 Å². The van der Waals surface area contributed by atoms with Gasteiger partial charge in [0.15, 0.2) is 0 Å². The highest BCUT2D eigenvalue weighted by atomic mass is 16.5. The lowest BCUT2D eigenvalue weighted by molar-refractivity contribution is -0.237. The predicted molar refractivity (Wildman–Crippen MR) is 67.6 cm³/mol. The van der Waals surface area contributed by atoms with E-state index in [-0.39, 0.29) is 0 Å². The van der Waals surface area contributed by atoms with Gasteiger partial charge in [0.2, 0.25) is 0 Å². The molecule has 5 N–H and O–H groups in total. The minimum atomic E-state index is -0.833. The Morgan fingerprint density at radius 2 is 1.84 bits per heavy atom. The van der Waals surface area contributed by atoms with Crippen LogP contribution in [-0.4, -0.2) is 54.6 Å². The number of hydrogen-bond donors (Lipinski definition) is 5. The van der Waals surface area contributed by atoms with Crippen LogP contribution in [0.1, 0.15) is 41.0 Å². The Hall–Kier alpha value is -1.22. The van der Waals surface area contributed by atoms with Crippen molar-refractivity contribution >= 4 is 11.7 Å². The molecule has 0 radical (unpaired) electrons. The molecule has 1 rings (SSSR count). The summed E-state index contributed by atoms with van der Waals surface area (Å²) in [4.78, 5) is 9.00. The molecular weight excluding hydrogens is 254 g/mol. The molecule has 1 saturated heterocycles. The lowest BCUT2D eigenvalue weighted by Gasteiger charge is -2.52. The normalized spacial score (nSPS) is 27.5. The molecule has 0 saturated carbocycles. The Morgan fingerprint density at radius 1 is 1.42 bits per heavy atom. The molecule has 1 aliphatic heterocycles. The Kier molecular flexibility index (Phi) is 5.88. The number of carboxylic acid groups (broad SMARTS) is 1. The number of nitrogens with zero attached hydrogens (tertiary/aromatic N) is 2. The largest absolute Gasteiger partial charge is 0.481 e. The maximum atomic E-state index is 10.0. The molecule has 112 valence electrons. The molecule has 8 heteroatoms. The van der Waals surface area contributed by atoms with Gasteiger partial charge in [-0.25, -0.2) is 0 Å². The molecule has 1 heterocycles. The lowest BCUT2D eigenvalue weighted by atomic mass is 9.77. The number of carbonyl (C=O) groups is 1. The van der Waals surface area contributed by atoms with Crippen LogP contribution in [0.25, 0.3) is 0 Å². The van der Waals surface area contributed by atoms with E-state index in [1.807, 2.05) is 13.8 Å². The average Bonchev–Trinajstić information content (AvgIpc) is 2.24. The molecule has 8 nitrogen and oxygen atoms in total. The predicted octanol–water partition coefficient (Wildman–Crippen LogP) is 0.907. The highest BCUT2D eigenvalue weighted by Gasteiger charge is 2.50. The zero-order chi connectivity index (χ0) is 15.4. The fraction of sp³-hybridized carbons (Fsp3) is 0.818. The molecule has 0 spiro atoms. The minimum Gasteiger partial charge on any atom is -0.481 e. The SMILES string of the molecule is CC(=O)O.CC1(C)C/C(=N/O)C(NO)C(C)(C)N1O. The smallest absolute Gasteiger partial charge is 0.300 e. The summed E-state index contributed by atoms with van der Waals surface area (Å²) in [6, 6.07) is -0.597. The second-order valence-electron chi connectivity index (χ2n) is 5.63. The van der Waals surface area contributed by atoms with Gasteiger partial charge in [-0.05, 0) is 27.7 Å². The molecule has 0 bridgehead atoms. The minimum absolute atomic E-state index is 0.377. The summed E-state index contributed by atoms with van der Waals surface area (Å²) in [6.07, 6.45) is 0.377. The van der Waals surface area contributed by atoms with Crippen LogP contribution < -0.4 is 5.48 Å². The van der Waals surface area contributed by atoms with Crippen LogP contribution in [0.3, 0.4) is 0 Å². The Morgan fingerprint density at radius 3 is 2.16 bits per heavy atom. The first-order valence-corrected chi connectivity index (χ1v) is 5.80. The summed E-state index contributed by atoms with van der Waals surface area (Å²) < 4.78 is 0. The number of rotatable bonds is 1. The van der Waals surface area contributed by atoms with Gasteiger partial charge in [0.25, 0.3) is 5.97 Å². The third kappa shape index (κ3) is 4.13. The van der Waals surface area contributed by atoms with Crippen molar-refractivity contribution in [2.24, 2.45) is 5.16 Å². The fourth-order valence-corrected chi connectivity index (χ4v) is 2.26. The highest BCUT2D eigenvalue weighted by Crippen LogP contribution is 2.35. The molecule has 0 aliphatic carbocycles. The van der Waals surface area contributed by atoms with Gasteiger partial charge >= 0.3 is 0 Å². The van der Waals surface area contributed by atoms with Crippen molar-refractivity contribution in [3.63, 3.8) is 0 Å². The van der Waals surface area contributed by atoms with E-state index >= 15 is 0 Å². The summed E-state index contributed by atoms with van der Waals surface area (Å²) in [7, 11) is 0. The van der Waals surface area contributed by atoms with Crippen LogP contribution >= 0.6 is 0 Å². The molecule has 0 aromatic rings. The van der Waals surface area contributed by atoms with Crippen molar-refractivity contribution in [2.45, 2.75) is 58.2 Å². The van der Waals surface area contributed by atoms with Crippen molar-refractivity contribution in [1.82, 2.24) is 10.5 Å². The van der Waals surface area contributed by atoms with Gasteiger partial charge in [0, 0.05) is 18.9 Å². The van der Waals surface area contributed by atoms with Crippen LogP contribution in [0, 0.1) is 0 Å². The van der Waals surface area contributed by atoms with Crippen LogP contribution in [-0.2, 0) is 4.79 Å². The number of hydroxylamine groups is 3. The summed E-state index contributed by atoms with van der Waals surface area (Å²) in [5, 5.41) is 39.7. The standard InChI is InChI=1S/C9H19N3O3.C2H4O2/c1-8(2)5-6(10-13)7(11-14)9(3,4)12(8)15;1-2(3)4/h7,11,13-15H,5H2,1-4H3;1H3,(H,3,4)/b10-6-;. The highest BCUT2D eigenvalue weighted by molar-refractivity contribution is 5.92. The number of piperidine rings is 1. The van der Waals surface area contributed by atoms with Crippen molar-refractivity contribution in [1.29, 1.82) is 0 Å². The summed E-state index contributed by atoms with van der Waals surface area (Å²) in [6.45, 7) is 8.28. The first-order chi connectivity index (χ1) is 8.50. The molecule has 0 amide bonds. The first-order valence-electron chi connectivity index (χ1n) is 5.80. The van der Waals surface area contributed by atoms with E-state index in [9.17, 15) is 5.21 Å². The van der Waals surface area contributed by atoms with Gasteiger partial charge in [-0.1, -0.05) is 5.16 Å². The van der Waals surface area contributed by atoms with Gasteiger partial charge in [0.05, 0.1) is 17.3 Å². The van der Waals surface area contributed by atoms with Crippen LogP contribution in [0.15, 0.2) is 5.16 Å². The fourth-order valence-electron chi connectivity index (χ4n) is 2.26. The molecule has 1 fully saturated rings. The van der Waals surface area contributed by atoms with Crippen LogP contribution in [0.5, 0.6) is 0 Å². The number of aliphatic carboxylic acids is 1. The van der Waals surface area contributed by atoms with E-state index in [1.54, 1.807) is 13.8 Å². The van der Waals surface area contributed by atoms with Gasteiger partial charge in [-0.3, -0.25) is 4.79 Å². The summed E-state index contributed by atoms with van der Waals surface area (Å²) in [5.41, 5.74) is 1.22. The van der Waals surface area contributed by atoms with Gasteiger partial charge in [-0.2, -0.15) is 10.5 Å². The van der Waals surface area contributed by atoms with E-state index in [0.717, 1.165) is 6.92 Å². The summed E-state index contributed by atoms with van der Waals surface area (Å²) >= 11 is 0. The zero-order valence-electron chi connectivity index (χ0n) is 11.9. The maximum Gasteiger partial charge on any atom is 0.300 e. The van der Waals surface area contributed by atoms with Crippen molar-refractivity contribution in [2.75, 3.05) is 0 Å². The quantitative estimate of drug-likeness (QED) is 0.356. The average molecular weight is 277 g/mol. The molecule has 19 heavy (non-hydrogen) atoms. The maximum absolute atomic E-state index is 10.0. The number of carboxylic acids is 1. The van der Waals surface area contributed by atoms with Gasteiger partial charge in [-0.15, -0.1) is 0 Å². The van der Waals surface area contributed by atoms with E-state index in [1.165, 1.54) is 5.06 Å². The lowest BCUT2D eigenvalue weighted by Crippen LogP contribution is -2.69. The van der Waals surface area contributed by atoms with Crippen LogP contribution in [0.4, 0.5) is 0 Å². The van der Waals surface area contributed by atoms with E-state index < -0.39 is 23.1 Å². The molecular formula is C11H23N3O5. The molecule has 0 aromatic carbocycles. The monoisotopic (exact) mass is 277 g/mol. The second kappa shape index (κ2) is 6.29. The number of oxime groups is 1. The van der Waals surface area contributed by atoms with Crippen molar-refractivity contribution in [3.8, 4) is 0 Å². The van der Waals surface area contributed by atoms with Gasteiger partial charge in [0.1, 0.15) is 0 Å². The molecule has 0 aromatic heterocycles. The molecule has 1 atom stereocenters. The second-order valence-corrected chi connectivity index (χ2v) is 5.63. The Balaban J connectivity index is 0.000000711. The molecule has 1 unspecified atom stereocenters. The third-order valence-electron chi connectivity index (χ3n) is 3.03. The van der Waals surface area contributed by atoms with E-state index in [2.05, 4.69) is 10.6 Å². The van der Waals surface area contributed by atoms with Crippen molar-refractivity contribution in [3.05, 3.63) is 0 Å². The molecule has 1 aliphatic rings. The zero-order valence-corrected chi connectivity index (χ0v) is 11.9. The third-order valence-corrected chi connectivity index (χ3v) is 3.03. The van der Waals surface area contributed by atoms with Crippen LogP contribution in [0.2, 0.25) is 0 Å². The van der Waals surface area contributed by atoms with E-state index in [0.29, 0.717) is 12.1 Å². The van der Waals surface area contributed by atoms with E-state index in [4.69, 9.17) is 20.3 Å². The summed E-state index contributed by atoms with van der Waals surface area (Å²) in [5.74, 6) is -0.833. The number of hydrogen-bond acceptors (Lipinski definition) is 7. The number of nitrogens with one attached hydrogen (secondary N) is 1. The van der Waals surface area contributed by atoms with Crippen molar-refractivity contribution < 1.29 is 25.5 Å². The van der Waals surface area contributed by atoms with Gasteiger partial charge < -0.3 is 20.7 Å². The topological polar surface area (TPSA) is 126 Å². The first kappa shape index (κ1) is 17.8. The Bertz CT molecular complexity index is 350.